The second-order valence-corrected chi connectivity index (χ2v) is 5.53. The lowest BCUT2D eigenvalue weighted by atomic mass is 9.94. The zero-order valence-electron chi connectivity index (χ0n) is 10.6. The Hall–Kier alpha value is -0.890. The molecule has 1 aliphatic rings. The summed E-state index contributed by atoms with van der Waals surface area (Å²) in [4.78, 5) is 0. The summed E-state index contributed by atoms with van der Waals surface area (Å²) in [6.07, 6.45) is 5.01. The molecule has 2 N–H and O–H groups in total. The van der Waals surface area contributed by atoms with Crippen LogP contribution in [0.25, 0.3) is 0 Å². The first-order chi connectivity index (χ1) is 8.07. The van der Waals surface area contributed by atoms with Crippen molar-refractivity contribution in [2.24, 2.45) is 5.73 Å². The Bertz CT molecular complexity index is 350. The molecule has 0 spiro atoms. The lowest BCUT2D eigenvalue weighted by molar-refractivity contribution is 0.173. The van der Waals surface area contributed by atoms with Crippen LogP contribution in [0.3, 0.4) is 0 Å². The first-order valence-electron chi connectivity index (χ1n) is 6.60. The number of hydrogen-bond donors (Lipinski definition) is 1. The first-order valence-corrected chi connectivity index (χ1v) is 6.60. The van der Waals surface area contributed by atoms with Crippen molar-refractivity contribution in [3.8, 4) is 0 Å². The largest absolute Gasteiger partial charge is 0.328 e. The SMILES string of the molecule is CC(N)Cc1ccc(CC2(F)CCCC2)cc1. The van der Waals surface area contributed by atoms with E-state index < -0.39 is 5.67 Å². The van der Waals surface area contributed by atoms with Crippen LogP contribution < -0.4 is 5.73 Å². The first kappa shape index (κ1) is 12.6. The van der Waals surface area contributed by atoms with Gasteiger partial charge in [0.1, 0.15) is 5.67 Å². The van der Waals surface area contributed by atoms with Gasteiger partial charge in [-0.2, -0.15) is 0 Å². The molecule has 0 saturated heterocycles. The maximum atomic E-state index is 14.3. The molecular weight excluding hydrogens is 213 g/mol. The monoisotopic (exact) mass is 235 g/mol. The summed E-state index contributed by atoms with van der Waals surface area (Å²) in [5.74, 6) is 0. The highest BCUT2D eigenvalue weighted by Gasteiger charge is 2.33. The molecule has 1 unspecified atom stereocenters. The highest BCUT2D eigenvalue weighted by Crippen LogP contribution is 2.36. The molecule has 0 radical (unpaired) electrons. The molecule has 0 aliphatic heterocycles. The van der Waals surface area contributed by atoms with Gasteiger partial charge in [0.2, 0.25) is 0 Å². The van der Waals surface area contributed by atoms with Gasteiger partial charge in [-0.05, 0) is 37.3 Å². The Morgan fingerprint density at radius 1 is 1.18 bits per heavy atom. The minimum Gasteiger partial charge on any atom is -0.328 e. The third kappa shape index (κ3) is 3.53. The van der Waals surface area contributed by atoms with Crippen molar-refractivity contribution >= 4 is 0 Å². The number of alkyl halides is 1. The molecular formula is C15H22FN. The summed E-state index contributed by atoms with van der Waals surface area (Å²) in [7, 11) is 0. The Labute approximate surface area is 103 Å². The van der Waals surface area contributed by atoms with Crippen molar-refractivity contribution in [2.45, 2.75) is 57.2 Å². The summed E-state index contributed by atoms with van der Waals surface area (Å²) < 4.78 is 14.3. The minimum atomic E-state index is -0.942. The Morgan fingerprint density at radius 2 is 1.71 bits per heavy atom. The minimum absolute atomic E-state index is 0.184. The highest BCUT2D eigenvalue weighted by atomic mass is 19.1. The van der Waals surface area contributed by atoms with Gasteiger partial charge < -0.3 is 5.73 Å². The lowest BCUT2D eigenvalue weighted by Gasteiger charge is -2.19. The van der Waals surface area contributed by atoms with E-state index >= 15 is 0 Å². The summed E-state index contributed by atoms with van der Waals surface area (Å²) in [6, 6.07) is 8.45. The molecule has 2 heteroatoms. The van der Waals surface area contributed by atoms with E-state index in [1.165, 1.54) is 5.56 Å². The summed E-state index contributed by atoms with van der Waals surface area (Å²) >= 11 is 0. The topological polar surface area (TPSA) is 26.0 Å². The second kappa shape index (κ2) is 5.18. The Morgan fingerprint density at radius 3 is 2.24 bits per heavy atom. The van der Waals surface area contributed by atoms with Crippen molar-refractivity contribution < 1.29 is 4.39 Å². The van der Waals surface area contributed by atoms with Gasteiger partial charge in [-0.25, -0.2) is 4.39 Å². The summed E-state index contributed by atoms with van der Waals surface area (Å²) in [5.41, 5.74) is 7.17. The van der Waals surface area contributed by atoms with Crippen LogP contribution in [0.1, 0.15) is 43.7 Å². The van der Waals surface area contributed by atoms with Gasteiger partial charge in [0.15, 0.2) is 0 Å². The van der Waals surface area contributed by atoms with E-state index in [0.717, 1.165) is 37.7 Å². The van der Waals surface area contributed by atoms with Crippen LogP contribution in [0.2, 0.25) is 0 Å². The molecule has 1 fully saturated rings. The van der Waals surface area contributed by atoms with Crippen LogP contribution in [0.4, 0.5) is 4.39 Å². The van der Waals surface area contributed by atoms with Crippen LogP contribution in [0.5, 0.6) is 0 Å². The van der Waals surface area contributed by atoms with Crippen molar-refractivity contribution in [3.05, 3.63) is 35.4 Å². The van der Waals surface area contributed by atoms with Gasteiger partial charge in [0, 0.05) is 12.5 Å². The molecule has 94 valence electrons. The standard InChI is InChI=1S/C15H22FN/c1-12(17)10-13-4-6-14(7-5-13)11-15(16)8-2-3-9-15/h4-7,12H,2-3,8-11,17H2,1H3. The predicted molar refractivity (Wildman–Crippen MR) is 69.8 cm³/mol. The van der Waals surface area contributed by atoms with E-state index in [4.69, 9.17) is 5.73 Å². The van der Waals surface area contributed by atoms with E-state index in [1.54, 1.807) is 0 Å². The second-order valence-electron chi connectivity index (χ2n) is 5.53. The predicted octanol–water partition coefficient (Wildman–Crippen LogP) is 3.40. The molecule has 0 bridgehead atoms. The van der Waals surface area contributed by atoms with Crippen molar-refractivity contribution in [1.29, 1.82) is 0 Å². The van der Waals surface area contributed by atoms with Gasteiger partial charge >= 0.3 is 0 Å². The molecule has 17 heavy (non-hydrogen) atoms. The van der Waals surface area contributed by atoms with Crippen LogP contribution in [-0.4, -0.2) is 11.7 Å². The third-order valence-electron chi connectivity index (χ3n) is 3.60. The van der Waals surface area contributed by atoms with Crippen LogP contribution in [-0.2, 0) is 12.8 Å². The molecule has 1 aromatic rings. The molecule has 1 atom stereocenters. The molecule has 2 rings (SSSR count). The molecule has 1 saturated carbocycles. The van der Waals surface area contributed by atoms with Crippen LogP contribution in [0, 0.1) is 0 Å². The van der Waals surface area contributed by atoms with Crippen molar-refractivity contribution in [1.82, 2.24) is 0 Å². The molecule has 0 amide bonds. The Kier molecular flexibility index (Phi) is 3.82. The van der Waals surface area contributed by atoms with Gasteiger partial charge in [0.25, 0.3) is 0 Å². The van der Waals surface area contributed by atoms with Gasteiger partial charge in [0.05, 0.1) is 0 Å². The molecule has 0 heterocycles. The van der Waals surface area contributed by atoms with Gasteiger partial charge in [-0.3, -0.25) is 0 Å². The lowest BCUT2D eigenvalue weighted by Crippen LogP contribution is -2.21. The number of halogens is 1. The Balaban J connectivity index is 1.98. The van der Waals surface area contributed by atoms with Crippen LogP contribution >= 0.6 is 0 Å². The zero-order valence-corrected chi connectivity index (χ0v) is 10.6. The number of nitrogens with two attached hydrogens (primary N) is 1. The fraction of sp³-hybridized carbons (Fsp3) is 0.600. The average Bonchev–Trinajstić information content (AvgIpc) is 2.67. The van der Waals surface area contributed by atoms with Gasteiger partial charge in [-0.15, -0.1) is 0 Å². The van der Waals surface area contributed by atoms with Crippen LogP contribution in [0.15, 0.2) is 24.3 Å². The molecule has 1 aliphatic carbocycles. The zero-order chi connectivity index (χ0) is 12.3. The van der Waals surface area contributed by atoms with Crippen molar-refractivity contribution in [2.75, 3.05) is 0 Å². The third-order valence-corrected chi connectivity index (χ3v) is 3.60. The maximum absolute atomic E-state index is 14.3. The highest BCUT2D eigenvalue weighted by molar-refractivity contribution is 5.24. The number of benzene rings is 1. The van der Waals surface area contributed by atoms with E-state index in [2.05, 4.69) is 24.3 Å². The molecule has 1 aromatic carbocycles. The summed E-state index contributed by atoms with van der Waals surface area (Å²) in [5, 5.41) is 0. The number of hydrogen-bond acceptors (Lipinski definition) is 1. The fourth-order valence-electron chi connectivity index (χ4n) is 2.72. The van der Waals surface area contributed by atoms with E-state index in [0.29, 0.717) is 6.42 Å². The molecule has 0 aromatic heterocycles. The van der Waals surface area contributed by atoms with Gasteiger partial charge in [-0.1, -0.05) is 37.1 Å². The van der Waals surface area contributed by atoms with Crippen molar-refractivity contribution in [3.63, 3.8) is 0 Å². The number of rotatable bonds is 4. The quantitative estimate of drug-likeness (QED) is 0.850. The van der Waals surface area contributed by atoms with E-state index in [9.17, 15) is 4.39 Å². The average molecular weight is 235 g/mol. The van der Waals surface area contributed by atoms with E-state index in [-0.39, 0.29) is 6.04 Å². The smallest absolute Gasteiger partial charge is 0.115 e. The summed E-state index contributed by atoms with van der Waals surface area (Å²) in [6.45, 7) is 2.00. The maximum Gasteiger partial charge on any atom is 0.115 e. The normalized spacial score (nSPS) is 20.4. The van der Waals surface area contributed by atoms with E-state index in [1.807, 2.05) is 6.92 Å². The molecule has 1 nitrogen and oxygen atoms in total. The fourth-order valence-corrected chi connectivity index (χ4v) is 2.72.